The van der Waals surface area contributed by atoms with E-state index < -0.39 is 4.92 Å². The molecule has 0 amide bonds. The number of anilines is 1. The zero-order valence-corrected chi connectivity index (χ0v) is 12.4. The number of non-ortho nitro benzene ring substituents is 1. The third-order valence-electron chi connectivity index (χ3n) is 3.76. The normalized spacial score (nSPS) is 14.5. The van der Waals surface area contributed by atoms with Gasteiger partial charge in [0.15, 0.2) is 0 Å². The van der Waals surface area contributed by atoms with Crippen molar-refractivity contribution in [3.63, 3.8) is 0 Å². The van der Waals surface area contributed by atoms with Crippen LogP contribution in [0.4, 0.5) is 22.7 Å². The van der Waals surface area contributed by atoms with Crippen molar-refractivity contribution >= 4 is 22.7 Å². The van der Waals surface area contributed by atoms with Gasteiger partial charge in [-0.3, -0.25) is 10.1 Å². The second-order valence-electron chi connectivity index (χ2n) is 5.34. The van der Waals surface area contributed by atoms with Gasteiger partial charge in [0, 0.05) is 37.0 Å². The van der Waals surface area contributed by atoms with Crippen LogP contribution in [-0.2, 0) is 0 Å². The maximum absolute atomic E-state index is 10.6. The number of phenolic OH excluding ortho intramolecular Hbond substituents is 1. The predicted molar refractivity (Wildman–Crippen MR) is 86.8 cm³/mol. The minimum atomic E-state index is -0.468. The number of phenols is 1. The molecule has 0 aromatic heterocycles. The predicted octanol–water partition coefficient (Wildman–Crippen LogP) is 4.32. The molecule has 1 saturated heterocycles. The van der Waals surface area contributed by atoms with Crippen LogP contribution in [0, 0.1) is 10.1 Å². The molecule has 1 heterocycles. The largest absolute Gasteiger partial charge is 0.506 e. The van der Waals surface area contributed by atoms with Crippen LogP contribution in [0.2, 0.25) is 0 Å². The summed E-state index contributed by atoms with van der Waals surface area (Å²) in [5.74, 6) is 0.0695. The maximum atomic E-state index is 10.6. The molecule has 1 aliphatic rings. The molecule has 7 heteroatoms. The van der Waals surface area contributed by atoms with Gasteiger partial charge in [-0.05, 0) is 37.1 Å². The molecule has 7 nitrogen and oxygen atoms in total. The highest BCUT2D eigenvalue weighted by Gasteiger charge is 2.13. The quantitative estimate of drug-likeness (QED) is 0.517. The Hall–Kier alpha value is -2.96. The molecule has 118 valence electrons. The summed E-state index contributed by atoms with van der Waals surface area (Å²) in [6.07, 6.45) is 2.34. The Labute approximate surface area is 133 Å². The molecule has 0 atom stereocenters. The van der Waals surface area contributed by atoms with Crippen LogP contribution in [0.5, 0.6) is 5.75 Å². The molecular weight excluding hydrogens is 296 g/mol. The first kappa shape index (κ1) is 15.0. The van der Waals surface area contributed by atoms with E-state index in [9.17, 15) is 15.2 Å². The smallest absolute Gasteiger partial charge is 0.269 e. The van der Waals surface area contributed by atoms with Crippen molar-refractivity contribution in [2.24, 2.45) is 10.2 Å². The van der Waals surface area contributed by atoms with Crippen LogP contribution in [0.15, 0.2) is 52.7 Å². The van der Waals surface area contributed by atoms with E-state index in [1.54, 1.807) is 12.1 Å². The van der Waals surface area contributed by atoms with E-state index in [1.165, 1.54) is 37.1 Å². The van der Waals surface area contributed by atoms with Crippen LogP contribution in [0.1, 0.15) is 12.8 Å². The lowest BCUT2D eigenvalue weighted by Gasteiger charge is -2.17. The number of nitro benzene ring substituents is 1. The molecule has 2 aromatic rings. The molecule has 0 unspecified atom stereocenters. The van der Waals surface area contributed by atoms with E-state index in [-0.39, 0.29) is 11.4 Å². The molecule has 0 aliphatic carbocycles. The van der Waals surface area contributed by atoms with E-state index in [4.69, 9.17) is 0 Å². The fraction of sp³-hybridized carbons (Fsp3) is 0.250. The van der Waals surface area contributed by atoms with Crippen molar-refractivity contribution in [1.29, 1.82) is 0 Å². The van der Waals surface area contributed by atoms with Crippen molar-refractivity contribution in [3.05, 3.63) is 52.6 Å². The number of azo groups is 1. The summed E-state index contributed by atoms with van der Waals surface area (Å²) < 4.78 is 0. The third-order valence-corrected chi connectivity index (χ3v) is 3.76. The summed E-state index contributed by atoms with van der Waals surface area (Å²) in [5, 5.41) is 28.7. The summed E-state index contributed by atoms with van der Waals surface area (Å²) in [7, 11) is 0. The Morgan fingerprint density at radius 2 is 1.74 bits per heavy atom. The Balaban J connectivity index is 1.75. The van der Waals surface area contributed by atoms with Crippen molar-refractivity contribution in [2.75, 3.05) is 18.0 Å². The second kappa shape index (κ2) is 6.43. The lowest BCUT2D eigenvalue weighted by molar-refractivity contribution is -0.384. The molecule has 0 bridgehead atoms. The number of nitrogens with zero attached hydrogens (tertiary/aromatic N) is 4. The number of hydrogen-bond acceptors (Lipinski definition) is 6. The first-order chi connectivity index (χ1) is 11.1. The highest BCUT2D eigenvalue weighted by atomic mass is 16.6. The summed E-state index contributed by atoms with van der Waals surface area (Å²) in [5.41, 5.74) is 1.83. The highest BCUT2D eigenvalue weighted by molar-refractivity contribution is 5.61. The average Bonchev–Trinajstić information content (AvgIpc) is 3.08. The van der Waals surface area contributed by atoms with Crippen LogP contribution < -0.4 is 4.90 Å². The van der Waals surface area contributed by atoms with Crippen molar-refractivity contribution in [2.45, 2.75) is 12.8 Å². The SMILES string of the molecule is O=[N+]([O-])c1ccc(N=Nc2ccc(N3CCCC3)cc2O)cc1. The Morgan fingerprint density at radius 3 is 2.35 bits per heavy atom. The summed E-state index contributed by atoms with van der Waals surface area (Å²) in [6.45, 7) is 2.01. The van der Waals surface area contributed by atoms with Gasteiger partial charge in [-0.2, -0.15) is 5.11 Å². The van der Waals surface area contributed by atoms with Crippen molar-refractivity contribution in [3.8, 4) is 5.75 Å². The first-order valence-corrected chi connectivity index (χ1v) is 7.38. The number of nitro groups is 1. The Morgan fingerprint density at radius 1 is 1.04 bits per heavy atom. The summed E-state index contributed by atoms with van der Waals surface area (Å²) in [6, 6.07) is 11.1. The molecule has 2 aromatic carbocycles. The Kier molecular flexibility index (Phi) is 4.18. The fourth-order valence-corrected chi connectivity index (χ4v) is 2.52. The van der Waals surface area contributed by atoms with Gasteiger partial charge in [-0.25, -0.2) is 0 Å². The van der Waals surface area contributed by atoms with E-state index in [1.807, 2.05) is 6.07 Å². The lowest BCUT2D eigenvalue weighted by Crippen LogP contribution is -2.17. The molecule has 1 N–H and O–H groups in total. The number of hydrogen-bond donors (Lipinski definition) is 1. The van der Waals surface area contributed by atoms with Gasteiger partial charge in [0.25, 0.3) is 5.69 Å². The number of benzene rings is 2. The van der Waals surface area contributed by atoms with Gasteiger partial charge < -0.3 is 10.0 Å². The molecular formula is C16H16N4O3. The standard InChI is InChI=1S/C16H16N4O3/c21-16-11-14(19-9-1-2-10-19)7-8-15(16)18-17-12-3-5-13(6-4-12)20(22)23/h3-8,11,21H,1-2,9-10H2. The van der Waals surface area contributed by atoms with Crippen LogP contribution in [0.25, 0.3) is 0 Å². The topological polar surface area (TPSA) is 91.3 Å². The molecule has 1 aliphatic heterocycles. The van der Waals surface area contributed by atoms with Gasteiger partial charge in [0.2, 0.25) is 0 Å². The monoisotopic (exact) mass is 312 g/mol. The second-order valence-corrected chi connectivity index (χ2v) is 5.34. The highest BCUT2D eigenvalue weighted by Crippen LogP contribution is 2.33. The van der Waals surface area contributed by atoms with Gasteiger partial charge in [0.05, 0.1) is 10.6 Å². The van der Waals surface area contributed by atoms with E-state index in [2.05, 4.69) is 15.1 Å². The summed E-state index contributed by atoms with van der Waals surface area (Å²) in [4.78, 5) is 12.3. The van der Waals surface area contributed by atoms with Crippen LogP contribution in [0.3, 0.4) is 0 Å². The van der Waals surface area contributed by atoms with Gasteiger partial charge >= 0.3 is 0 Å². The molecule has 23 heavy (non-hydrogen) atoms. The van der Waals surface area contributed by atoms with Crippen LogP contribution in [-0.4, -0.2) is 23.1 Å². The van der Waals surface area contributed by atoms with Gasteiger partial charge in [-0.15, -0.1) is 5.11 Å². The van der Waals surface area contributed by atoms with Crippen molar-refractivity contribution in [1.82, 2.24) is 0 Å². The Bertz CT molecular complexity index is 737. The molecule has 0 radical (unpaired) electrons. The van der Waals surface area contributed by atoms with Crippen LogP contribution >= 0.6 is 0 Å². The fourth-order valence-electron chi connectivity index (χ4n) is 2.52. The number of aromatic hydroxyl groups is 1. The van der Waals surface area contributed by atoms with Crippen molar-refractivity contribution < 1.29 is 10.0 Å². The lowest BCUT2D eigenvalue weighted by atomic mass is 10.2. The third kappa shape index (κ3) is 3.45. The zero-order valence-electron chi connectivity index (χ0n) is 12.4. The molecule has 3 rings (SSSR count). The molecule has 0 saturated carbocycles. The summed E-state index contributed by atoms with van der Waals surface area (Å²) >= 11 is 0. The van der Waals surface area contributed by atoms with E-state index in [0.717, 1.165) is 18.8 Å². The van der Waals surface area contributed by atoms with E-state index in [0.29, 0.717) is 11.4 Å². The van der Waals surface area contributed by atoms with Gasteiger partial charge in [-0.1, -0.05) is 0 Å². The maximum Gasteiger partial charge on any atom is 0.269 e. The zero-order chi connectivity index (χ0) is 16.2. The average molecular weight is 312 g/mol. The number of rotatable bonds is 4. The minimum absolute atomic E-state index is 0.00163. The van der Waals surface area contributed by atoms with Gasteiger partial charge in [0.1, 0.15) is 11.4 Å². The molecule has 1 fully saturated rings. The minimum Gasteiger partial charge on any atom is -0.506 e. The van der Waals surface area contributed by atoms with E-state index >= 15 is 0 Å². The molecule has 0 spiro atoms. The first-order valence-electron chi connectivity index (χ1n) is 7.38.